The molecule has 2 aliphatic rings. The highest BCUT2D eigenvalue weighted by Gasteiger charge is 2.33. The third kappa shape index (κ3) is 4.76. The Labute approximate surface area is 182 Å². The van der Waals surface area contributed by atoms with Crippen LogP contribution in [-0.4, -0.2) is 51.2 Å². The molecular weight excluding hydrogens is 402 g/mol. The Bertz CT molecular complexity index is 907. The van der Waals surface area contributed by atoms with Crippen molar-refractivity contribution in [2.75, 3.05) is 19.7 Å². The fourth-order valence-electron chi connectivity index (χ4n) is 3.92. The quantitative estimate of drug-likeness (QED) is 0.775. The highest BCUT2D eigenvalue weighted by Crippen LogP contribution is 2.37. The van der Waals surface area contributed by atoms with Crippen molar-refractivity contribution in [3.8, 4) is 5.75 Å². The summed E-state index contributed by atoms with van der Waals surface area (Å²) in [6.45, 7) is 5.14. The number of aryl methyl sites for hydroxylation is 2. The molecule has 30 heavy (non-hydrogen) atoms. The van der Waals surface area contributed by atoms with Crippen molar-refractivity contribution in [2.45, 2.75) is 57.5 Å². The minimum absolute atomic E-state index is 0.0773. The third-order valence-corrected chi connectivity index (χ3v) is 6.58. The van der Waals surface area contributed by atoms with Crippen molar-refractivity contribution in [1.29, 1.82) is 0 Å². The predicted octanol–water partition coefficient (Wildman–Crippen LogP) is 4.06. The molecule has 0 radical (unpaired) electrons. The summed E-state index contributed by atoms with van der Waals surface area (Å²) < 4.78 is 5.91. The number of ether oxygens (including phenoxy) is 1. The molecule has 7 heteroatoms. The monoisotopic (exact) mass is 429 g/mol. The second-order valence-electron chi connectivity index (χ2n) is 8.63. The summed E-state index contributed by atoms with van der Waals surface area (Å²) >= 11 is 6.22. The summed E-state index contributed by atoms with van der Waals surface area (Å²) in [6, 6.07) is 3.77. The first kappa shape index (κ1) is 21.1. The van der Waals surface area contributed by atoms with E-state index in [-0.39, 0.29) is 12.5 Å². The van der Waals surface area contributed by atoms with Crippen LogP contribution >= 0.6 is 11.6 Å². The molecule has 1 amide bonds. The number of carbonyl (C=O) groups is 1. The van der Waals surface area contributed by atoms with Crippen LogP contribution in [0, 0.1) is 13.8 Å². The van der Waals surface area contributed by atoms with Crippen LogP contribution in [0.1, 0.15) is 65.3 Å². The van der Waals surface area contributed by atoms with E-state index in [2.05, 4.69) is 9.97 Å². The van der Waals surface area contributed by atoms with Gasteiger partial charge in [0.05, 0.1) is 5.56 Å². The van der Waals surface area contributed by atoms with Gasteiger partial charge >= 0.3 is 0 Å². The lowest BCUT2D eigenvalue weighted by molar-refractivity contribution is -0.0163. The average Bonchev–Trinajstić information content (AvgIpc) is 3.58. The Morgan fingerprint density at radius 2 is 1.87 bits per heavy atom. The Balaban J connectivity index is 1.36. The van der Waals surface area contributed by atoms with Crippen LogP contribution in [0.4, 0.5) is 0 Å². The molecule has 1 saturated heterocycles. The summed E-state index contributed by atoms with van der Waals surface area (Å²) in [5.74, 6) is 1.93. The van der Waals surface area contributed by atoms with Gasteiger partial charge < -0.3 is 14.7 Å². The van der Waals surface area contributed by atoms with Crippen LogP contribution in [-0.2, 0) is 0 Å². The van der Waals surface area contributed by atoms with E-state index in [0.29, 0.717) is 49.6 Å². The minimum atomic E-state index is -0.969. The predicted molar refractivity (Wildman–Crippen MR) is 115 cm³/mol. The number of nitrogens with zero attached hydrogens (tertiary/aromatic N) is 3. The zero-order valence-corrected chi connectivity index (χ0v) is 18.3. The number of hydrogen-bond donors (Lipinski definition) is 1. The van der Waals surface area contributed by atoms with Gasteiger partial charge in [-0.15, -0.1) is 0 Å². The maximum absolute atomic E-state index is 12.9. The molecule has 4 rings (SSSR count). The minimum Gasteiger partial charge on any atom is -0.491 e. The number of rotatable bonds is 5. The van der Waals surface area contributed by atoms with Crippen molar-refractivity contribution in [2.24, 2.45) is 0 Å². The van der Waals surface area contributed by atoms with Gasteiger partial charge in [-0.05, 0) is 69.2 Å². The van der Waals surface area contributed by atoms with Gasteiger partial charge in [0.1, 0.15) is 23.8 Å². The lowest BCUT2D eigenvalue weighted by atomic mass is 9.96. The maximum Gasteiger partial charge on any atom is 0.256 e. The van der Waals surface area contributed by atoms with Crippen molar-refractivity contribution in [1.82, 2.24) is 14.9 Å². The topological polar surface area (TPSA) is 75.6 Å². The zero-order chi connectivity index (χ0) is 21.3. The Kier molecular flexibility index (Phi) is 5.98. The average molecular weight is 430 g/mol. The molecule has 1 unspecified atom stereocenters. The van der Waals surface area contributed by atoms with E-state index in [1.54, 1.807) is 17.3 Å². The highest BCUT2D eigenvalue weighted by molar-refractivity contribution is 6.32. The fourth-order valence-corrected chi connectivity index (χ4v) is 4.03. The SMILES string of the molecule is Cc1cc(OCC2(O)CCCN(C(=O)c3cnc(C4CC4)nc3)CC2)cc(C)c1Cl. The molecule has 2 aromatic rings. The van der Waals surface area contributed by atoms with Crippen molar-refractivity contribution in [3.05, 3.63) is 52.1 Å². The normalized spacial score (nSPS) is 21.9. The lowest BCUT2D eigenvalue weighted by Gasteiger charge is -2.27. The summed E-state index contributed by atoms with van der Waals surface area (Å²) in [5, 5.41) is 11.8. The molecule has 1 aromatic carbocycles. The molecule has 1 aromatic heterocycles. The van der Waals surface area contributed by atoms with Crippen LogP contribution in [0.15, 0.2) is 24.5 Å². The van der Waals surface area contributed by atoms with Crippen LogP contribution in [0.5, 0.6) is 5.75 Å². The standard InChI is InChI=1S/C23H28ClN3O3/c1-15-10-19(11-16(2)20(15)24)30-14-23(29)6-3-8-27(9-7-23)22(28)18-12-25-21(26-13-18)17-4-5-17/h10-13,17,29H,3-9,14H2,1-2H3. The largest absolute Gasteiger partial charge is 0.491 e. The Hall–Kier alpha value is -2.18. The number of benzene rings is 1. The summed E-state index contributed by atoms with van der Waals surface area (Å²) in [5.41, 5.74) is 1.44. The second-order valence-corrected chi connectivity index (χ2v) is 9.01. The first-order valence-electron chi connectivity index (χ1n) is 10.6. The first-order valence-corrected chi connectivity index (χ1v) is 11.0. The van der Waals surface area contributed by atoms with Gasteiger partial charge in [0.15, 0.2) is 0 Å². The van der Waals surface area contributed by atoms with E-state index in [1.165, 1.54) is 0 Å². The number of carbonyl (C=O) groups excluding carboxylic acids is 1. The van der Waals surface area contributed by atoms with Gasteiger partial charge in [0, 0.05) is 36.4 Å². The Morgan fingerprint density at radius 3 is 2.50 bits per heavy atom. The van der Waals surface area contributed by atoms with Crippen LogP contribution in [0.2, 0.25) is 5.02 Å². The molecule has 1 saturated carbocycles. The molecule has 0 spiro atoms. The number of aromatic nitrogens is 2. The molecule has 6 nitrogen and oxygen atoms in total. The third-order valence-electron chi connectivity index (χ3n) is 5.98. The highest BCUT2D eigenvalue weighted by atomic mass is 35.5. The summed E-state index contributed by atoms with van der Waals surface area (Å²) in [7, 11) is 0. The molecule has 1 N–H and O–H groups in total. The molecule has 0 bridgehead atoms. The van der Waals surface area contributed by atoms with E-state index in [9.17, 15) is 9.90 Å². The molecule has 1 atom stereocenters. The molecule has 2 heterocycles. The van der Waals surface area contributed by atoms with E-state index in [4.69, 9.17) is 16.3 Å². The van der Waals surface area contributed by atoms with E-state index in [1.807, 2.05) is 26.0 Å². The smallest absolute Gasteiger partial charge is 0.256 e. The van der Waals surface area contributed by atoms with Crippen LogP contribution < -0.4 is 4.74 Å². The number of hydrogen-bond acceptors (Lipinski definition) is 5. The first-order chi connectivity index (χ1) is 14.3. The molecule has 1 aliphatic carbocycles. The van der Waals surface area contributed by atoms with Gasteiger partial charge in [-0.3, -0.25) is 4.79 Å². The second kappa shape index (κ2) is 8.52. The fraction of sp³-hybridized carbons (Fsp3) is 0.522. The van der Waals surface area contributed by atoms with E-state index >= 15 is 0 Å². The Morgan fingerprint density at radius 1 is 1.20 bits per heavy atom. The van der Waals surface area contributed by atoms with Crippen LogP contribution in [0.25, 0.3) is 0 Å². The summed E-state index contributed by atoms with van der Waals surface area (Å²) in [6.07, 6.45) is 7.29. The van der Waals surface area contributed by atoms with Gasteiger partial charge in [0.2, 0.25) is 0 Å². The molecule has 160 valence electrons. The van der Waals surface area contributed by atoms with Gasteiger partial charge in [-0.1, -0.05) is 11.6 Å². The number of likely N-dealkylation sites (tertiary alicyclic amines) is 1. The van der Waals surface area contributed by atoms with E-state index in [0.717, 1.165) is 34.8 Å². The summed E-state index contributed by atoms with van der Waals surface area (Å²) in [4.78, 5) is 23.4. The zero-order valence-electron chi connectivity index (χ0n) is 17.5. The van der Waals surface area contributed by atoms with Crippen molar-refractivity contribution < 1.29 is 14.6 Å². The molecular formula is C23H28ClN3O3. The number of halogens is 1. The van der Waals surface area contributed by atoms with Crippen molar-refractivity contribution >= 4 is 17.5 Å². The van der Waals surface area contributed by atoms with Crippen LogP contribution in [0.3, 0.4) is 0 Å². The van der Waals surface area contributed by atoms with Gasteiger partial charge in [0.25, 0.3) is 5.91 Å². The van der Waals surface area contributed by atoms with Crippen molar-refractivity contribution in [3.63, 3.8) is 0 Å². The number of aliphatic hydroxyl groups is 1. The van der Waals surface area contributed by atoms with E-state index < -0.39 is 5.60 Å². The number of amides is 1. The molecule has 2 fully saturated rings. The lowest BCUT2D eigenvalue weighted by Crippen LogP contribution is -2.38. The van der Waals surface area contributed by atoms with Gasteiger partial charge in [-0.2, -0.15) is 0 Å². The van der Waals surface area contributed by atoms with Gasteiger partial charge in [-0.25, -0.2) is 9.97 Å². The maximum atomic E-state index is 12.9. The molecule has 1 aliphatic heterocycles.